The van der Waals surface area contributed by atoms with Gasteiger partial charge in [0.15, 0.2) is 0 Å². The van der Waals surface area contributed by atoms with E-state index in [1.807, 2.05) is 0 Å². The fourth-order valence-electron chi connectivity index (χ4n) is 1.81. The lowest BCUT2D eigenvalue weighted by molar-refractivity contribution is -0.384. The van der Waals surface area contributed by atoms with Crippen LogP contribution in [0.25, 0.3) is 0 Å². The van der Waals surface area contributed by atoms with Gasteiger partial charge in [-0.25, -0.2) is 0 Å². The minimum absolute atomic E-state index is 0.0104. The molecule has 1 aromatic carbocycles. The van der Waals surface area contributed by atoms with Gasteiger partial charge in [-0.15, -0.1) is 0 Å². The average Bonchev–Trinajstić information content (AvgIpc) is 2.41. The topological polar surface area (TPSA) is 92.5 Å². The summed E-state index contributed by atoms with van der Waals surface area (Å²) in [6.07, 6.45) is -2.95. The Morgan fingerprint density at radius 1 is 1.27 bits per heavy atom. The standard InChI is InChI=1S/C13H15F3N2O4/c14-13(15,16)9-5-6-10(11(8-9)18(21)22)17-7-3-1-2-4-12(19)20/h5-6,8,17H,1-4,7H2,(H,19,20). The third-order valence-electron chi connectivity index (χ3n) is 2.90. The quantitative estimate of drug-likeness (QED) is 0.433. The van der Waals surface area contributed by atoms with Crippen molar-refractivity contribution in [3.8, 4) is 0 Å². The van der Waals surface area contributed by atoms with Crippen LogP contribution < -0.4 is 5.32 Å². The molecule has 1 aromatic rings. The number of nitro groups is 1. The number of nitrogens with zero attached hydrogens (tertiary/aromatic N) is 1. The van der Waals surface area contributed by atoms with Crippen LogP contribution in [-0.2, 0) is 11.0 Å². The van der Waals surface area contributed by atoms with E-state index in [0.717, 1.165) is 12.1 Å². The van der Waals surface area contributed by atoms with Crippen LogP contribution in [-0.4, -0.2) is 22.5 Å². The molecule has 6 nitrogen and oxygen atoms in total. The highest BCUT2D eigenvalue weighted by Crippen LogP contribution is 2.34. The van der Waals surface area contributed by atoms with Gasteiger partial charge in [-0.1, -0.05) is 6.42 Å². The van der Waals surface area contributed by atoms with Crippen LogP contribution in [0, 0.1) is 10.1 Å². The van der Waals surface area contributed by atoms with Crippen molar-refractivity contribution < 1.29 is 28.0 Å². The number of hydrogen-bond donors (Lipinski definition) is 2. The lowest BCUT2D eigenvalue weighted by Gasteiger charge is -2.10. The summed E-state index contributed by atoms with van der Waals surface area (Å²) in [7, 11) is 0. The number of rotatable bonds is 8. The molecule has 0 bridgehead atoms. The number of unbranched alkanes of at least 4 members (excludes halogenated alkanes) is 2. The fourth-order valence-corrected chi connectivity index (χ4v) is 1.81. The van der Waals surface area contributed by atoms with Crippen LogP contribution in [0.15, 0.2) is 18.2 Å². The molecule has 0 fully saturated rings. The number of nitro benzene ring substituents is 1. The Morgan fingerprint density at radius 2 is 1.95 bits per heavy atom. The third-order valence-corrected chi connectivity index (χ3v) is 2.90. The first-order valence-corrected chi connectivity index (χ1v) is 6.53. The summed E-state index contributed by atoms with van der Waals surface area (Å²) in [5.41, 5.74) is -1.71. The van der Waals surface area contributed by atoms with Crippen LogP contribution in [0.2, 0.25) is 0 Å². The predicted octanol–water partition coefficient (Wildman–Crippen LogP) is 3.67. The molecule has 0 aromatic heterocycles. The molecule has 0 saturated carbocycles. The minimum Gasteiger partial charge on any atom is -0.481 e. The normalized spacial score (nSPS) is 11.2. The largest absolute Gasteiger partial charge is 0.481 e. The number of nitrogens with one attached hydrogen (secondary N) is 1. The number of alkyl halides is 3. The summed E-state index contributed by atoms with van der Waals surface area (Å²) in [5.74, 6) is -0.897. The lowest BCUT2D eigenvalue weighted by Crippen LogP contribution is -2.09. The van der Waals surface area contributed by atoms with Gasteiger partial charge in [-0.2, -0.15) is 13.2 Å². The van der Waals surface area contributed by atoms with Crippen molar-refractivity contribution in [2.45, 2.75) is 31.9 Å². The van der Waals surface area contributed by atoms with Gasteiger partial charge in [0.05, 0.1) is 10.5 Å². The van der Waals surface area contributed by atoms with Crippen LogP contribution >= 0.6 is 0 Å². The Labute approximate surface area is 124 Å². The molecule has 0 spiro atoms. The number of carboxylic acid groups (broad SMARTS) is 1. The molecular weight excluding hydrogens is 305 g/mol. The molecule has 22 heavy (non-hydrogen) atoms. The zero-order valence-electron chi connectivity index (χ0n) is 11.5. The van der Waals surface area contributed by atoms with Gasteiger partial charge in [-0.05, 0) is 25.0 Å². The van der Waals surface area contributed by atoms with Gasteiger partial charge in [-0.3, -0.25) is 14.9 Å². The SMILES string of the molecule is O=C(O)CCCCCNc1ccc(C(F)(F)F)cc1[N+](=O)[O-]. The highest BCUT2D eigenvalue weighted by Gasteiger charge is 2.32. The van der Waals surface area contributed by atoms with Crippen molar-refractivity contribution in [1.29, 1.82) is 0 Å². The molecule has 0 aliphatic heterocycles. The van der Waals surface area contributed by atoms with Gasteiger partial charge in [0.1, 0.15) is 5.69 Å². The molecule has 122 valence electrons. The number of hydrogen-bond acceptors (Lipinski definition) is 4. The molecule has 1 rings (SSSR count). The lowest BCUT2D eigenvalue weighted by atomic mass is 10.1. The first kappa shape index (κ1) is 17.7. The fraction of sp³-hybridized carbons (Fsp3) is 0.462. The number of benzene rings is 1. The Hall–Kier alpha value is -2.32. The van der Waals surface area contributed by atoms with E-state index in [9.17, 15) is 28.1 Å². The van der Waals surface area contributed by atoms with E-state index < -0.39 is 28.3 Å². The van der Waals surface area contributed by atoms with E-state index >= 15 is 0 Å². The van der Waals surface area contributed by atoms with E-state index in [1.54, 1.807) is 0 Å². The number of aliphatic carboxylic acids is 1. The number of halogens is 3. The summed E-state index contributed by atoms with van der Waals surface area (Å²) in [4.78, 5) is 20.3. The van der Waals surface area contributed by atoms with Crippen LogP contribution in [0.4, 0.5) is 24.5 Å². The van der Waals surface area contributed by atoms with E-state index in [-0.39, 0.29) is 12.1 Å². The Kier molecular flexibility index (Phi) is 6.14. The summed E-state index contributed by atoms with van der Waals surface area (Å²) < 4.78 is 37.6. The van der Waals surface area contributed by atoms with Crippen molar-refractivity contribution >= 4 is 17.3 Å². The Morgan fingerprint density at radius 3 is 2.50 bits per heavy atom. The van der Waals surface area contributed by atoms with E-state index in [1.165, 1.54) is 0 Å². The maximum atomic E-state index is 12.5. The molecule has 9 heteroatoms. The van der Waals surface area contributed by atoms with Gasteiger partial charge in [0, 0.05) is 19.0 Å². The van der Waals surface area contributed by atoms with Crippen molar-refractivity contribution in [1.82, 2.24) is 0 Å². The van der Waals surface area contributed by atoms with E-state index in [4.69, 9.17) is 5.11 Å². The maximum Gasteiger partial charge on any atom is 0.416 e. The van der Waals surface area contributed by atoms with Gasteiger partial charge in [0.25, 0.3) is 5.69 Å². The molecule has 0 atom stereocenters. The minimum atomic E-state index is -4.64. The zero-order valence-corrected chi connectivity index (χ0v) is 11.5. The van der Waals surface area contributed by atoms with Crippen molar-refractivity contribution in [2.24, 2.45) is 0 Å². The highest BCUT2D eigenvalue weighted by atomic mass is 19.4. The van der Waals surface area contributed by atoms with Gasteiger partial charge >= 0.3 is 12.1 Å². The molecule has 0 amide bonds. The Bertz CT molecular complexity index is 547. The van der Waals surface area contributed by atoms with Crippen molar-refractivity contribution in [3.63, 3.8) is 0 Å². The van der Waals surface area contributed by atoms with E-state index in [0.29, 0.717) is 31.9 Å². The van der Waals surface area contributed by atoms with E-state index in [2.05, 4.69) is 5.32 Å². The first-order chi connectivity index (χ1) is 10.2. The van der Waals surface area contributed by atoms with Crippen LogP contribution in [0.5, 0.6) is 0 Å². The number of carbonyl (C=O) groups is 1. The molecule has 0 aliphatic rings. The summed E-state index contributed by atoms with van der Waals surface area (Å²) >= 11 is 0. The van der Waals surface area contributed by atoms with Crippen molar-refractivity contribution in [2.75, 3.05) is 11.9 Å². The monoisotopic (exact) mass is 320 g/mol. The predicted molar refractivity (Wildman–Crippen MR) is 72.7 cm³/mol. The molecule has 0 aliphatic carbocycles. The highest BCUT2D eigenvalue weighted by molar-refractivity contribution is 5.66. The zero-order chi connectivity index (χ0) is 16.8. The van der Waals surface area contributed by atoms with Crippen molar-refractivity contribution in [3.05, 3.63) is 33.9 Å². The summed E-state index contributed by atoms with van der Waals surface area (Å²) in [6.45, 7) is 0.311. The maximum absolute atomic E-state index is 12.5. The number of carboxylic acids is 1. The molecule has 2 N–H and O–H groups in total. The molecule has 0 radical (unpaired) electrons. The van der Waals surface area contributed by atoms with Crippen LogP contribution in [0.1, 0.15) is 31.2 Å². The summed E-state index contributed by atoms with van der Waals surface area (Å²) in [6, 6.07) is 2.30. The molecular formula is C13H15F3N2O4. The molecule has 0 heterocycles. The third kappa shape index (κ3) is 5.58. The molecule has 0 unspecified atom stereocenters. The average molecular weight is 320 g/mol. The Balaban J connectivity index is 2.63. The van der Waals surface area contributed by atoms with Gasteiger partial charge < -0.3 is 10.4 Å². The molecule has 0 saturated heterocycles. The first-order valence-electron chi connectivity index (χ1n) is 6.53. The second-order valence-corrected chi connectivity index (χ2v) is 4.62. The summed E-state index contributed by atoms with van der Waals surface area (Å²) in [5, 5.41) is 22.0. The van der Waals surface area contributed by atoms with Crippen LogP contribution in [0.3, 0.4) is 0 Å². The second-order valence-electron chi connectivity index (χ2n) is 4.62. The smallest absolute Gasteiger partial charge is 0.416 e. The van der Waals surface area contributed by atoms with Gasteiger partial charge in [0.2, 0.25) is 0 Å². The second kappa shape index (κ2) is 7.62. The number of anilines is 1.